The molecule has 0 aromatic heterocycles. The Kier molecular flexibility index (Phi) is 4.63. The van der Waals surface area contributed by atoms with Crippen LogP contribution in [0.15, 0.2) is 29.2 Å². The summed E-state index contributed by atoms with van der Waals surface area (Å²) < 4.78 is 25.7. The number of aliphatic hydroxyl groups excluding tert-OH is 1. The molecule has 0 amide bonds. The fourth-order valence-corrected chi connectivity index (χ4v) is 2.31. The van der Waals surface area contributed by atoms with Gasteiger partial charge in [-0.25, -0.2) is 13.1 Å². The largest absolute Gasteiger partial charge is 0.392 e. The number of nitriles is 1. The number of hydrogen-bond donors (Lipinski definition) is 2. The molecule has 0 fully saturated rings. The van der Waals surface area contributed by atoms with Crippen molar-refractivity contribution in [3.8, 4) is 6.07 Å². The van der Waals surface area contributed by atoms with E-state index in [9.17, 15) is 8.42 Å². The van der Waals surface area contributed by atoms with Gasteiger partial charge in [0, 0.05) is 6.54 Å². The molecule has 17 heavy (non-hydrogen) atoms. The molecule has 0 heterocycles. The number of rotatable bonds is 5. The van der Waals surface area contributed by atoms with E-state index in [0.29, 0.717) is 0 Å². The van der Waals surface area contributed by atoms with Crippen molar-refractivity contribution < 1.29 is 13.5 Å². The SMILES string of the molecule is C[C@H](O)CNS(=O)(=O)c1ccc(CC#N)cc1. The minimum atomic E-state index is -3.58. The van der Waals surface area contributed by atoms with Crippen LogP contribution in [0.3, 0.4) is 0 Å². The van der Waals surface area contributed by atoms with Gasteiger partial charge in [0.2, 0.25) is 10.0 Å². The summed E-state index contributed by atoms with van der Waals surface area (Å²) in [7, 11) is -3.58. The van der Waals surface area contributed by atoms with Crippen LogP contribution in [0.4, 0.5) is 0 Å². The van der Waals surface area contributed by atoms with Crippen LogP contribution in [0, 0.1) is 11.3 Å². The highest BCUT2D eigenvalue weighted by molar-refractivity contribution is 7.89. The van der Waals surface area contributed by atoms with Gasteiger partial charge in [-0.2, -0.15) is 5.26 Å². The van der Waals surface area contributed by atoms with Gasteiger partial charge < -0.3 is 5.11 Å². The number of hydrogen-bond acceptors (Lipinski definition) is 4. The van der Waals surface area contributed by atoms with Crippen LogP contribution in [0.1, 0.15) is 12.5 Å². The van der Waals surface area contributed by atoms with Crippen molar-refractivity contribution in [2.75, 3.05) is 6.54 Å². The van der Waals surface area contributed by atoms with E-state index in [1.807, 2.05) is 6.07 Å². The molecule has 0 unspecified atom stereocenters. The highest BCUT2D eigenvalue weighted by atomic mass is 32.2. The minimum absolute atomic E-state index is 0.0255. The Morgan fingerprint density at radius 3 is 2.47 bits per heavy atom. The monoisotopic (exact) mass is 254 g/mol. The third kappa shape index (κ3) is 4.15. The molecular formula is C11H14N2O3S. The highest BCUT2D eigenvalue weighted by Gasteiger charge is 2.13. The van der Waals surface area contributed by atoms with Crippen LogP contribution in [-0.4, -0.2) is 26.2 Å². The maximum Gasteiger partial charge on any atom is 0.240 e. The van der Waals surface area contributed by atoms with Crippen LogP contribution in [0.2, 0.25) is 0 Å². The van der Waals surface area contributed by atoms with Gasteiger partial charge in [-0.3, -0.25) is 0 Å². The van der Waals surface area contributed by atoms with Crippen LogP contribution >= 0.6 is 0 Å². The summed E-state index contributed by atoms with van der Waals surface area (Å²) in [6, 6.07) is 8.06. The molecule has 0 spiro atoms. The lowest BCUT2D eigenvalue weighted by molar-refractivity contribution is 0.198. The second-order valence-corrected chi connectivity index (χ2v) is 5.45. The number of nitrogens with zero attached hydrogens (tertiary/aromatic N) is 1. The summed E-state index contributed by atoms with van der Waals surface area (Å²) in [4.78, 5) is 0.125. The molecule has 0 radical (unpaired) electrons. The molecule has 0 bridgehead atoms. The van der Waals surface area contributed by atoms with E-state index in [2.05, 4.69) is 4.72 Å². The number of sulfonamides is 1. The van der Waals surface area contributed by atoms with Gasteiger partial charge in [0.1, 0.15) is 0 Å². The van der Waals surface area contributed by atoms with E-state index in [1.165, 1.54) is 19.1 Å². The summed E-state index contributed by atoms with van der Waals surface area (Å²) >= 11 is 0. The number of benzene rings is 1. The average Bonchev–Trinajstić information content (AvgIpc) is 2.28. The first-order chi connectivity index (χ1) is 7.95. The average molecular weight is 254 g/mol. The van der Waals surface area contributed by atoms with Crippen molar-refractivity contribution >= 4 is 10.0 Å². The zero-order valence-electron chi connectivity index (χ0n) is 9.42. The van der Waals surface area contributed by atoms with Crippen LogP contribution < -0.4 is 4.72 Å². The van der Waals surface area contributed by atoms with Crippen molar-refractivity contribution in [3.63, 3.8) is 0 Å². The fraction of sp³-hybridized carbons (Fsp3) is 0.364. The van der Waals surface area contributed by atoms with Crippen molar-refractivity contribution in [2.24, 2.45) is 0 Å². The Morgan fingerprint density at radius 1 is 1.41 bits per heavy atom. The first-order valence-electron chi connectivity index (χ1n) is 5.09. The molecule has 2 N–H and O–H groups in total. The summed E-state index contributed by atoms with van der Waals surface area (Å²) in [5, 5.41) is 17.5. The second kappa shape index (κ2) is 5.77. The van der Waals surface area contributed by atoms with Crippen LogP contribution in [0.25, 0.3) is 0 Å². The topological polar surface area (TPSA) is 90.2 Å². The molecule has 0 aliphatic carbocycles. The molecule has 1 aromatic rings. The molecule has 5 nitrogen and oxygen atoms in total. The second-order valence-electron chi connectivity index (χ2n) is 3.68. The zero-order valence-corrected chi connectivity index (χ0v) is 10.2. The Balaban J connectivity index is 2.82. The van der Waals surface area contributed by atoms with Gasteiger partial charge in [0.15, 0.2) is 0 Å². The van der Waals surface area contributed by atoms with E-state index in [4.69, 9.17) is 10.4 Å². The molecule has 0 saturated heterocycles. The molecule has 92 valence electrons. The number of nitrogens with one attached hydrogen (secondary N) is 1. The third-order valence-corrected chi connectivity index (χ3v) is 3.53. The molecule has 0 saturated carbocycles. The molecular weight excluding hydrogens is 240 g/mol. The first kappa shape index (κ1) is 13.6. The van der Waals surface area contributed by atoms with Gasteiger partial charge in [0.25, 0.3) is 0 Å². The van der Waals surface area contributed by atoms with Gasteiger partial charge in [-0.15, -0.1) is 0 Å². The summed E-state index contributed by atoms with van der Waals surface area (Å²) in [5.41, 5.74) is 0.766. The quantitative estimate of drug-likeness (QED) is 0.796. The molecule has 0 aliphatic rings. The summed E-state index contributed by atoms with van der Waals surface area (Å²) in [6.45, 7) is 1.47. The Bertz CT molecular complexity index is 501. The van der Waals surface area contributed by atoms with Crippen LogP contribution in [0.5, 0.6) is 0 Å². The standard InChI is InChI=1S/C11H14N2O3S/c1-9(14)8-13-17(15,16)11-4-2-10(3-5-11)6-7-12/h2-5,9,13-14H,6,8H2,1H3/t9-/m0/s1. The van der Waals surface area contributed by atoms with E-state index in [0.717, 1.165) is 5.56 Å². The smallest absolute Gasteiger partial charge is 0.240 e. The van der Waals surface area contributed by atoms with Crippen molar-refractivity contribution in [1.29, 1.82) is 5.26 Å². The molecule has 6 heteroatoms. The van der Waals surface area contributed by atoms with Crippen LogP contribution in [-0.2, 0) is 16.4 Å². The van der Waals surface area contributed by atoms with Crippen molar-refractivity contribution in [1.82, 2.24) is 4.72 Å². The Labute approximate surface area is 101 Å². The van der Waals surface area contributed by atoms with Gasteiger partial charge in [0.05, 0.1) is 23.5 Å². The summed E-state index contributed by atoms with van der Waals surface area (Å²) in [6.07, 6.45) is -0.482. The van der Waals surface area contributed by atoms with E-state index in [1.54, 1.807) is 12.1 Å². The summed E-state index contributed by atoms with van der Waals surface area (Å²) in [5.74, 6) is 0. The maximum absolute atomic E-state index is 11.7. The van der Waals surface area contributed by atoms with Crippen molar-refractivity contribution in [3.05, 3.63) is 29.8 Å². The highest BCUT2D eigenvalue weighted by Crippen LogP contribution is 2.10. The minimum Gasteiger partial charge on any atom is -0.392 e. The molecule has 1 aromatic carbocycles. The maximum atomic E-state index is 11.7. The van der Waals surface area contributed by atoms with Gasteiger partial charge >= 0.3 is 0 Å². The van der Waals surface area contributed by atoms with Crippen molar-refractivity contribution in [2.45, 2.75) is 24.3 Å². The number of aliphatic hydroxyl groups is 1. The van der Waals surface area contributed by atoms with E-state index >= 15 is 0 Å². The van der Waals surface area contributed by atoms with Gasteiger partial charge in [-0.1, -0.05) is 12.1 Å². The Morgan fingerprint density at radius 2 is 2.00 bits per heavy atom. The first-order valence-corrected chi connectivity index (χ1v) is 6.57. The molecule has 0 aliphatic heterocycles. The third-order valence-electron chi connectivity index (χ3n) is 2.09. The normalized spacial score (nSPS) is 13.0. The predicted molar refractivity (Wildman–Crippen MR) is 62.6 cm³/mol. The predicted octanol–water partition coefficient (Wildman–Crippen LogP) is 0.412. The fourth-order valence-electron chi connectivity index (χ4n) is 1.19. The lowest BCUT2D eigenvalue weighted by Crippen LogP contribution is -2.30. The Hall–Kier alpha value is -1.42. The molecule has 1 atom stereocenters. The van der Waals surface area contributed by atoms with Gasteiger partial charge in [-0.05, 0) is 24.6 Å². The van der Waals surface area contributed by atoms with E-state index < -0.39 is 16.1 Å². The van der Waals surface area contributed by atoms with E-state index in [-0.39, 0.29) is 17.9 Å². The molecule has 1 rings (SSSR count). The lowest BCUT2D eigenvalue weighted by Gasteiger charge is -2.08. The lowest BCUT2D eigenvalue weighted by atomic mass is 10.2. The zero-order chi connectivity index (χ0) is 12.9.